The third-order valence-electron chi connectivity index (χ3n) is 5.26. The third-order valence-corrected chi connectivity index (χ3v) is 7.01. The van der Waals surface area contributed by atoms with E-state index in [4.69, 9.17) is 14.5 Å². The molecule has 1 atom stereocenters. The van der Waals surface area contributed by atoms with Crippen LogP contribution in [-0.4, -0.2) is 41.5 Å². The maximum absolute atomic E-state index is 11.9. The van der Waals surface area contributed by atoms with Crippen LogP contribution in [0.1, 0.15) is 23.7 Å². The van der Waals surface area contributed by atoms with Gasteiger partial charge in [-0.25, -0.2) is 18.1 Å². The minimum Gasteiger partial charge on any atom is -0.454 e. The van der Waals surface area contributed by atoms with Crippen molar-refractivity contribution in [3.8, 4) is 22.8 Å². The second-order valence-electron chi connectivity index (χ2n) is 7.18. The summed E-state index contributed by atoms with van der Waals surface area (Å²) in [5, 5.41) is 5.63. The molecule has 1 aromatic carbocycles. The Bertz CT molecular complexity index is 1180. The van der Waals surface area contributed by atoms with Crippen molar-refractivity contribution in [3.63, 3.8) is 0 Å². The molecule has 1 fully saturated rings. The van der Waals surface area contributed by atoms with Crippen molar-refractivity contribution in [2.24, 2.45) is 0 Å². The second-order valence-corrected chi connectivity index (χ2v) is 9.41. The third kappa shape index (κ3) is 2.66. The molecular formula is C19H19N3O4S. The van der Waals surface area contributed by atoms with Crippen molar-refractivity contribution in [3.05, 3.63) is 35.5 Å². The van der Waals surface area contributed by atoms with E-state index >= 15 is 0 Å². The standard InChI is InChI=1S/C19H19N3O4S/c1-11-7-15(13-3-4-16-17(8-13)26-10-25-16)20-19-18(11)12(2)21-22(19)14-5-6-27(23,24)9-14/h3-4,7-8,14H,5-6,9-10H2,1-2H3. The van der Waals surface area contributed by atoms with E-state index < -0.39 is 9.84 Å². The molecule has 2 aliphatic heterocycles. The average molecular weight is 385 g/mol. The highest BCUT2D eigenvalue weighted by Crippen LogP contribution is 2.37. The molecule has 27 heavy (non-hydrogen) atoms. The Morgan fingerprint density at radius 2 is 1.96 bits per heavy atom. The van der Waals surface area contributed by atoms with E-state index in [2.05, 4.69) is 5.10 Å². The van der Waals surface area contributed by atoms with Crippen LogP contribution in [0.4, 0.5) is 0 Å². The number of aryl methyl sites for hydroxylation is 2. The number of ether oxygens (including phenoxy) is 2. The number of pyridine rings is 1. The molecule has 3 aromatic rings. The molecule has 0 amide bonds. The molecule has 0 N–H and O–H groups in total. The first-order chi connectivity index (χ1) is 12.9. The summed E-state index contributed by atoms with van der Waals surface area (Å²) >= 11 is 0. The molecule has 4 heterocycles. The van der Waals surface area contributed by atoms with Crippen molar-refractivity contribution < 1.29 is 17.9 Å². The van der Waals surface area contributed by atoms with Crippen LogP contribution in [0, 0.1) is 13.8 Å². The van der Waals surface area contributed by atoms with Crippen LogP contribution in [0.25, 0.3) is 22.3 Å². The first kappa shape index (κ1) is 16.6. The van der Waals surface area contributed by atoms with Crippen LogP contribution in [0.5, 0.6) is 11.5 Å². The van der Waals surface area contributed by atoms with Crippen molar-refractivity contribution in [1.29, 1.82) is 0 Å². The van der Waals surface area contributed by atoms with Gasteiger partial charge in [-0.1, -0.05) is 0 Å². The van der Waals surface area contributed by atoms with Crippen LogP contribution in [0.15, 0.2) is 24.3 Å². The predicted molar refractivity (Wildman–Crippen MR) is 101 cm³/mol. The number of fused-ring (bicyclic) bond motifs is 2. The van der Waals surface area contributed by atoms with Gasteiger partial charge in [0.25, 0.3) is 0 Å². The van der Waals surface area contributed by atoms with Crippen molar-refractivity contribution in [2.75, 3.05) is 18.3 Å². The maximum Gasteiger partial charge on any atom is 0.231 e. The number of sulfone groups is 1. The van der Waals surface area contributed by atoms with Gasteiger partial charge in [0.1, 0.15) is 0 Å². The summed E-state index contributed by atoms with van der Waals surface area (Å²) in [5.41, 5.74) is 4.41. The van der Waals surface area contributed by atoms with Crippen LogP contribution < -0.4 is 9.47 Å². The SMILES string of the molecule is Cc1cc(-c2ccc3c(c2)OCO3)nc2c1c(C)nn2C1CCS(=O)(=O)C1. The summed E-state index contributed by atoms with van der Waals surface area (Å²) in [6.07, 6.45) is 0.577. The molecule has 0 bridgehead atoms. The van der Waals surface area contributed by atoms with E-state index in [1.54, 1.807) is 4.68 Å². The van der Waals surface area contributed by atoms with E-state index in [-0.39, 0.29) is 24.3 Å². The molecule has 7 nitrogen and oxygen atoms in total. The molecule has 0 aliphatic carbocycles. The minimum atomic E-state index is -3.00. The van der Waals surface area contributed by atoms with Gasteiger partial charge >= 0.3 is 0 Å². The monoisotopic (exact) mass is 385 g/mol. The number of aromatic nitrogens is 3. The van der Waals surface area contributed by atoms with Crippen molar-refractivity contribution in [2.45, 2.75) is 26.3 Å². The molecule has 8 heteroatoms. The Kier molecular flexibility index (Phi) is 3.49. The van der Waals surface area contributed by atoms with Crippen molar-refractivity contribution in [1.82, 2.24) is 14.8 Å². The molecule has 0 radical (unpaired) electrons. The molecule has 0 saturated carbocycles. The highest BCUT2D eigenvalue weighted by Gasteiger charge is 2.31. The number of benzene rings is 1. The Labute approximate surface area is 156 Å². The zero-order chi connectivity index (χ0) is 18.8. The van der Waals surface area contributed by atoms with Crippen LogP contribution >= 0.6 is 0 Å². The van der Waals surface area contributed by atoms with E-state index in [1.165, 1.54) is 0 Å². The Hall–Kier alpha value is -2.61. The smallest absolute Gasteiger partial charge is 0.231 e. The van der Waals surface area contributed by atoms with Gasteiger partial charge in [-0.2, -0.15) is 5.10 Å². The fourth-order valence-corrected chi connectivity index (χ4v) is 5.65. The van der Waals surface area contributed by atoms with Gasteiger partial charge in [-0.15, -0.1) is 0 Å². The molecule has 5 rings (SSSR count). The zero-order valence-corrected chi connectivity index (χ0v) is 15.9. The van der Waals surface area contributed by atoms with Gasteiger partial charge in [-0.05, 0) is 50.1 Å². The number of rotatable bonds is 2. The fraction of sp³-hybridized carbons (Fsp3) is 0.368. The van der Waals surface area contributed by atoms with Crippen LogP contribution in [0.2, 0.25) is 0 Å². The summed E-state index contributed by atoms with van der Waals surface area (Å²) in [5.74, 6) is 1.77. The van der Waals surface area contributed by atoms with Crippen LogP contribution in [-0.2, 0) is 9.84 Å². The largest absolute Gasteiger partial charge is 0.454 e. The predicted octanol–water partition coefficient (Wildman–Crippen LogP) is 2.80. The normalized spacial score (nSPS) is 20.4. The van der Waals surface area contributed by atoms with Gasteiger partial charge in [0.05, 0.1) is 28.9 Å². The highest BCUT2D eigenvalue weighted by atomic mass is 32.2. The molecule has 140 valence electrons. The van der Waals surface area contributed by atoms with Gasteiger partial charge in [0.2, 0.25) is 6.79 Å². The summed E-state index contributed by atoms with van der Waals surface area (Å²) in [6.45, 7) is 4.20. The number of hydrogen-bond acceptors (Lipinski definition) is 6. The lowest BCUT2D eigenvalue weighted by Crippen LogP contribution is -2.13. The molecule has 2 aliphatic rings. The number of nitrogens with zero attached hydrogens (tertiary/aromatic N) is 3. The van der Waals surface area contributed by atoms with E-state index in [9.17, 15) is 8.42 Å². The van der Waals surface area contributed by atoms with Gasteiger partial charge in [0.15, 0.2) is 27.0 Å². The first-order valence-corrected chi connectivity index (χ1v) is 10.7. The molecule has 1 saturated heterocycles. The molecule has 0 spiro atoms. The Morgan fingerprint density at radius 1 is 1.15 bits per heavy atom. The quantitative estimate of drug-likeness (QED) is 0.675. The fourth-order valence-electron chi connectivity index (χ4n) is 3.95. The average Bonchev–Trinajstić information content (AvgIpc) is 3.31. The highest BCUT2D eigenvalue weighted by molar-refractivity contribution is 7.91. The van der Waals surface area contributed by atoms with Crippen molar-refractivity contribution >= 4 is 20.9 Å². The van der Waals surface area contributed by atoms with Gasteiger partial charge < -0.3 is 9.47 Å². The summed E-state index contributed by atoms with van der Waals surface area (Å²) in [7, 11) is -3.00. The zero-order valence-electron chi connectivity index (χ0n) is 15.1. The molecule has 2 aromatic heterocycles. The summed E-state index contributed by atoms with van der Waals surface area (Å²) in [4.78, 5) is 4.85. The lowest BCUT2D eigenvalue weighted by Gasteiger charge is -2.11. The van der Waals surface area contributed by atoms with Gasteiger partial charge in [0, 0.05) is 10.9 Å². The first-order valence-electron chi connectivity index (χ1n) is 8.88. The lowest BCUT2D eigenvalue weighted by atomic mass is 10.1. The maximum atomic E-state index is 11.9. The molecular weight excluding hydrogens is 366 g/mol. The van der Waals surface area contributed by atoms with E-state index in [0.717, 1.165) is 39.3 Å². The van der Waals surface area contributed by atoms with Crippen LogP contribution in [0.3, 0.4) is 0 Å². The second kappa shape index (κ2) is 5.69. The topological polar surface area (TPSA) is 83.3 Å². The van der Waals surface area contributed by atoms with Gasteiger partial charge in [-0.3, -0.25) is 0 Å². The van der Waals surface area contributed by atoms with E-state index in [0.29, 0.717) is 12.2 Å². The summed E-state index contributed by atoms with van der Waals surface area (Å²) < 4.78 is 36.5. The lowest BCUT2D eigenvalue weighted by molar-refractivity contribution is 0.174. The minimum absolute atomic E-state index is 0.123. The Morgan fingerprint density at radius 3 is 2.74 bits per heavy atom. The van der Waals surface area contributed by atoms with E-state index in [1.807, 2.05) is 38.1 Å². The Balaban J connectivity index is 1.66. The number of hydrogen-bond donors (Lipinski definition) is 0. The summed E-state index contributed by atoms with van der Waals surface area (Å²) in [6, 6.07) is 7.62. The molecule has 1 unspecified atom stereocenters.